The number of hydrogen-bond donors (Lipinski definition) is 2. The third kappa shape index (κ3) is 3.73. The molecule has 0 bridgehead atoms. The maximum absolute atomic E-state index is 8.80. The molecule has 0 aromatic heterocycles. The van der Waals surface area contributed by atoms with E-state index in [1.165, 1.54) is 0 Å². The maximum Gasteiger partial charge on any atom is 0.162 e. The van der Waals surface area contributed by atoms with Gasteiger partial charge in [-0.3, -0.25) is 0 Å². The lowest BCUT2D eigenvalue weighted by atomic mass is 10.1. The van der Waals surface area contributed by atoms with Crippen LogP contribution in [0.1, 0.15) is 18.1 Å². The summed E-state index contributed by atoms with van der Waals surface area (Å²) in [5.41, 5.74) is 3.23. The Kier molecular flexibility index (Phi) is 5.41. The lowest BCUT2D eigenvalue weighted by molar-refractivity contribution is 0.131. The molecular weight excluding hydrogens is 254 g/mol. The first kappa shape index (κ1) is 14.4. The molecule has 0 aliphatic heterocycles. The molecular formula is C16H19NO3. The molecule has 2 N–H and O–H groups in total. The normalized spacial score (nSPS) is 11.9. The summed E-state index contributed by atoms with van der Waals surface area (Å²) >= 11 is 0. The fourth-order valence-electron chi connectivity index (χ4n) is 2.03. The monoisotopic (exact) mass is 273 g/mol. The molecule has 4 nitrogen and oxygen atoms in total. The largest absolute Gasteiger partial charge is 0.493 e. The number of benzene rings is 2. The van der Waals surface area contributed by atoms with Crippen molar-refractivity contribution in [1.82, 2.24) is 5.48 Å². The second-order valence-corrected chi connectivity index (χ2v) is 4.36. The SMILES string of the molecule is COc1ccccc1OC(CCNO)c1ccccc1. The molecule has 1 atom stereocenters. The number of rotatable bonds is 7. The summed E-state index contributed by atoms with van der Waals surface area (Å²) in [6.45, 7) is 0.453. The van der Waals surface area contributed by atoms with Crippen molar-refractivity contribution in [2.45, 2.75) is 12.5 Å². The standard InChI is InChI=1S/C16H19NO3/c1-19-15-9-5-6-10-16(15)20-14(11-12-17-18)13-7-3-2-4-8-13/h2-10,14,17-18H,11-12H2,1H3. The molecule has 0 heterocycles. The van der Waals surface area contributed by atoms with Crippen molar-refractivity contribution in [1.29, 1.82) is 0 Å². The van der Waals surface area contributed by atoms with E-state index in [0.29, 0.717) is 24.5 Å². The maximum atomic E-state index is 8.80. The van der Waals surface area contributed by atoms with Crippen LogP contribution in [0, 0.1) is 0 Å². The number of ether oxygens (including phenoxy) is 2. The van der Waals surface area contributed by atoms with E-state index in [0.717, 1.165) is 5.56 Å². The van der Waals surface area contributed by atoms with Crippen LogP contribution in [-0.4, -0.2) is 18.9 Å². The van der Waals surface area contributed by atoms with Crippen LogP contribution in [0.5, 0.6) is 11.5 Å². The predicted octanol–water partition coefficient (Wildman–Crippen LogP) is 3.18. The summed E-state index contributed by atoms with van der Waals surface area (Å²) in [7, 11) is 1.62. The average Bonchev–Trinajstić information content (AvgIpc) is 2.52. The predicted molar refractivity (Wildman–Crippen MR) is 77.2 cm³/mol. The van der Waals surface area contributed by atoms with E-state index in [1.807, 2.05) is 54.6 Å². The molecule has 2 rings (SSSR count). The third-order valence-corrected chi connectivity index (χ3v) is 3.03. The van der Waals surface area contributed by atoms with Gasteiger partial charge in [0.05, 0.1) is 7.11 Å². The Hall–Kier alpha value is -2.04. The highest BCUT2D eigenvalue weighted by atomic mass is 16.5. The number of para-hydroxylation sites is 2. The molecule has 106 valence electrons. The van der Waals surface area contributed by atoms with Gasteiger partial charge in [0, 0.05) is 13.0 Å². The first-order valence-electron chi connectivity index (χ1n) is 6.56. The van der Waals surface area contributed by atoms with Crippen molar-refractivity contribution in [2.24, 2.45) is 0 Å². The van der Waals surface area contributed by atoms with E-state index in [1.54, 1.807) is 7.11 Å². The van der Waals surface area contributed by atoms with Gasteiger partial charge in [0.25, 0.3) is 0 Å². The molecule has 4 heteroatoms. The minimum absolute atomic E-state index is 0.146. The van der Waals surface area contributed by atoms with E-state index in [4.69, 9.17) is 14.7 Å². The van der Waals surface area contributed by atoms with Gasteiger partial charge < -0.3 is 14.7 Å². The van der Waals surface area contributed by atoms with Gasteiger partial charge in [0.1, 0.15) is 6.10 Å². The fraction of sp³-hybridized carbons (Fsp3) is 0.250. The van der Waals surface area contributed by atoms with Crippen LogP contribution in [0.3, 0.4) is 0 Å². The lowest BCUT2D eigenvalue weighted by Gasteiger charge is -2.20. The van der Waals surface area contributed by atoms with Crippen molar-refractivity contribution in [3.8, 4) is 11.5 Å². The Morgan fingerprint density at radius 2 is 1.65 bits per heavy atom. The summed E-state index contributed by atoms with van der Waals surface area (Å²) in [5.74, 6) is 1.40. The van der Waals surface area contributed by atoms with Crippen LogP contribution in [0.2, 0.25) is 0 Å². The summed E-state index contributed by atoms with van der Waals surface area (Å²) in [6.07, 6.45) is 0.505. The second kappa shape index (κ2) is 7.53. The highest BCUT2D eigenvalue weighted by Crippen LogP contribution is 2.31. The minimum Gasteiger partial charge on any atom is -0.493 e. The van der Waals surface area contributed by atoms with E-state index in [9.17, 15) is 0 Å². The minimum atomic E-state index is -0.146. The van der Waals surface area contributed by atoms with Crippen LogP contribution >= 0.6 is 0 Å². The highest BCUT2D eigenvalue weighted by molar-refractivity contribution is 5.40. The van der Waals surface area contributed by atoms with Gasteiger partial charge in [0.2, 0.25) is 0 Å². The van der Waals surface area contributed by atoms with Gasteiger partial charge in [-0.15, -0.1) is 0 Å². The highest BCUT2D eigenvalue weighted by Gasteiger charge is 2.15. The molecule has 0 saturated carbocycles. The summed E-state index contributed by atoms with van der Waals surface area (Å²) < 4.78 is 11.3. The van der Waals surface area contributed by atoms with Gasteiger partial charge in [-0.2, -0.15) is 0 Å². The zero-order chi connectivity index (χ0) is 14.2. The lowest BCUT2D eigenvalue weighted by Crippen LogP contribution is -2.16. The van der Waals surface area contributed by atoms with Gasteiger partial charge in [0.15, 0.2) is 11.5 Å². The topological polar surface area (TPSA) is 50.7 Å². The fourth-order valence-corrected chi connectivity index (χ4v) is 2.03. The molecule has 0 spiro atoms. The van der Waals surface area contributed by atoms with E-state index >= 15 is 0 Å². The Morgan fingerprint density at radius 3 is 2.30 bits per heavy atom. The van der Waals surface area contributed by atoms with Crippen molar-refractivity contribution in [2.75, 3.05) is 13.7 Å². The van der Waals surface area contributed by atoms with Crippen LogP contribution < -0.4 is 15.0 Å². The smallest absolute Gasteiger partial charge is 0.162 e. The molecule has 0 amide bonds. The summed E-state index contributed by atoms with van der Waals surface area (Å²) in [5, 5.41) is 8.80. The van der Waals surface area contributed by atoms with Crippen molar-refractivity contribution in [3.05, 3.63) is 60.2 Å². The first-order valence-corrected chi connectivity index (χ1v) is 6.56. The van der Waals surface area contributed by atoms with Crippen LogP contribution in [0.4, 0.5) is 0 Å². The number of methoxy groups -OCH3 is 1. The van der Waals surface area contributed by atoms with Crippen molar-refractivity contribution >= 4 is 0 Å². The number of hydroxylamine groups is 1. The van der Waals surface area contributed by atoms with Gasteiger partial charge in [-0.05, 0) is 17.7 Å². The molecule has 2 aromatic carbocycles. The summed E-state index contributed by atoms with van der Waals surface area (Å²) in [6, 6.07) is 17.5. The molecule has 2 aromatic rings. The van der Waals surface area contributed by atoms with E-state index < -0.39 is 0 Å². The molecule has 1 unspecified atom stereocenters. The zero-order valence-electron chi connectivity index (χ0n) is 11.5. The Morgan fingerprint density at radius 1 is 1.00 bits per heavy atom. The Labute approximate surface area is 118 Å². The van der Waals surface area contributed by atoms with Crippen LogP contribution in [0.25, 0.3) is 0 Å². The first-order chi connectivity index (χ1) is 9.85. The van der Waals surface area contributed by atoms with E-state index in [-0.39, 0.29) is 6.10 Å². The van der Waals surface area contributed by atoms with Gasteiger partial charge >= 0.3 is 0 Å². The molecule has 0 radical (unpaired) electrons. The second-order valence-electron chi connectivity index (χ2n) is 4.36. The summed E-state index contributed by atoms with van der Waals surface area (Å²) in [4.78, 5) is 0. The van der Waals surface area contributed by atoms with Crippen molar-refractivity contribution < 1.29 is 14.7 Å². The van der Waals surface area contributed by atoms with Crippen LogP contribution in [-0.2, 0) is 0 Å². The van der Waals surface area contributed by atoms with Gasteiger partial charge in [-0.25, -0.2) is 5.48 Å². The Bertz CT molecular complexity index is 516. The average molecular weight is 273 g/mol. The molecule has 0 aliphatic rings. The molecule has 0 aliphatic carbocycles. The zero-order valence-corrected chi connectivity index (χ0v) is 11.5. The third-order valence-electron chi connectivity index (χ3n) is 3.03. The number of nitrogens with one attached hydrogen (secondary N) is 1. The molecule has 0 saturated heterocycles. The molecule has 0 fully saturated rings. The van der Waals surface area contributed by atoms with Crippen molar-refractivity contribution in [3.63, 3.8) is 0 Å². The van der Waals surface area contributed by atoms with E-state index in [2.05, 4.69) is 5.48 Å². The number of hydrogen-bond acceptors (Lipinski definition) is 4. The van der Waals surface area contributed by atoms with Gasteiger partial charge in [-0.1, -0.05) is 42.5 Å². The van der Waals surface area contributed by atoms with Crippen LogP contribution in [0.15, 0.2) is 54.6 Å². The quantitative estimate of drug-likeness (QED) is 0.761. The molecule has 20 heavy (non-hydrogen) atoms. The Balaban J connectivity index is 2.19.